The van der Waals surface area contributed by atoms with Crippen LogP contribution in [0.25, 0.3) is 0 Å². The second-order valence-electron chi connectivity index (χ2n) is 5.46. The van der Waals surface area contributed by atoms with Crippen LogP contribution in [0.5, 0.6) is 11.5 Å². The van der Waals surface area contributed by atoms with Gasteiger partial charge >= 0.3 is 0 Å². The Hall–Kier alpha value is -2.82. The van der Waals surface area contributed by atoms with Crippen molar-refractivity contribution >= 4 is 12.1 Å². The van der Waals surface area contributed by atoms with Gasteiger partial charge < -0.3 is 9.84 Å². The predicted octanol–water partition coefficient (Wildman–Crippen LogP) is 3.19. The van der Waals surface area contributed by atoms with E-state index in [0.29, 0.717) is 18.3 Å². The van der Waals surface area contributed by atoms with E-state index in [9.17, 15) is 9.90 Å². The second kappa shape index (κ2) is 7.98. The third-order valence-corrected chi connectivity index (χ3v) is 3.01. The molecular weight excluding hydrogens is 292 g/mol. The summed E-state index contributed by atoms with van der Waals surface area (Å²) in [5.41, 5.74) is 3.34. The Labute approximate surface area is 135 Å². The number of hydrazone groups is 1. The van der Waals surface area contributed by atoms with Crippen molar-refractivity contribution in [3.05, 3.63) is 59.7 Å². The molecule has 2 rings (SSSR count). The van der Waals surface area contributed by atoms with Gasteiger partial charge in [0.2, 0.25) is 0 Å². The Morgan fingerprint density at radius 1 is 1.22 bits per heavy atom. The minimum absolute atomic E-state index is 0.0825. The molecule has 0 fully saturated rings. The maximum absolute atomic E-state index is 11.9. The van der Waals surface area contributed by atoms with E-state index < -0.39 is 5.91 Å². The first-order valence-electron chi connectivity index (χ1n) is 7.41. The zero-order chi connectivity index (χ0) is 16.7. The predicted molar refractivity (Wildman–Crippen MR) is 89.9 cm³/mol. The molecule has 0 heterocycles. The summed E-state index contributed by atoms with van der Waals surface area (Å²) in [7, 11) is 0. The molecule has 2 aromatic rings. The standard InChI is InChI=1S/C18H20N2O3/c1-13(2)12-23-17-10-6-3-7-14(17)11-19-20-18(22)15-8-4-5-9-16(15)21/h3-11,13,21H,12H2,1-2H3,(H,20,22)/b19-11+. The molecule has 5 nitrogen and oxygen atoms in total. The van der Waals surface area contributed by atoms with Crippen molar-refractivity contribution in [2.24, 2.45) is 11.0 Å². The molecule has 0 bridgehead atoms. The van der Waals surface area contributed by atoms with E-state index in [4.69, 9.17) is 4.74 Å². The van der Waals surface area contributed by atoms with E-state index in [1.807, 2.05) is 24.3 Å². The Morgan fingerprint density at radius 3 is 2.65 bits per heavy atom. The van der Waals surface area contributed by atoms with Gasteiger partial charge in [-0.25, -0.2) is 5.43 Å². The summed E-state index contributed by atoms with van der Waals surface area (Å²) >= 11 is 0. The third-order valence-electron chi connectivity index (χ3n) is 3.01. The van der Waals surface area contributed by atoms with E-state index in [2.05, 4.69) is 24.4 Å². The lowest BCUT2D eigenvalue weighted by molar-refractivity contribution is 0.0952. The maximum atomic E-state index is 11.9. The molecule has 0 unspecified atom stereocenters. The molecule has 23 heavy (non-hydrogen) atoms. The number of para-hydroxylation sites is 2. The summed E-state index contributed by atoms with van der Waals surface area (Å²) in [5.74, 6) is 0.573. The van der Waals surface area contributed by atoms with Crippen LogP contribution < -0.4 is 10.2 Å². The summed E-state index contributed by atoms with van der Waals surface area (Å²) in [4.78, 5) is 11.9. The number of phenols is 1. The Balaban J connectivity index is 2.03. The van der Waals surface area contributed by atoms with Crippen LogP contribution in [0.4, 0.5) is 0 Å². The van der Waals surface area contributed by atoms with E-state index in [1.165, 1.54) is 18.3 Å². The van der Waals surface area contributed by atoms with Gasteiger partial charge in [0.15, 0.2) is 0 Å². The van der Waals surface area contributed by atoms with Gasteiger partial charge in [-0.2, -0.15) is 5.10 Å². The number of nitrogens with one attached hydrogen (secondary N) is 1. The summed E-state index contributed by atoms with van der Waals surface area (Å²) in [6.45, 7) is 4.75. The van der Waals surface area contributed by atoms with E-state index >= 15 is 0 Å². The number of hydrogen-bond donors (Lipinski definition) is 2. The minimum atomic E-state index is -0.472. The summed E-state index contributed by atoms with van der Waals surface area (Å²) in [5, 5.41) is 13.6. The molecule has 120 valence electrons. The number of hydrogen-bond acceptors (Lipinski definition) is 4. The lowest BCUT2D eigenvalue weighted by atomic mass is 10.2. The lowest BCUT2D eigenvalue weighted by Gasteiger charge is -2.10. The Bertz CT molecular complexity index is 696. The van der Waals surface area contributed by atoms with Gasteiger partial charge in [-0.1, -0.05) is 38.1 Å². The maximum Gasteiger partial charge on any atom is 0.275 e. The molecule has 2 aromatic carbocycles. The lowest BCUT2D eigenvalue weighted by Crippen LogP contribution is -2.17. The topological polar surface area (TPSA) is 70.9 Å². The number of phenolic OH excluding ortho intramolecular Hbond substituents is 1. The smallest absolute Gasteiger partial charge is 0.275 e. The minimum Gasteiger partial charge on any atom is -0.507 e. The summed E-state index contributed by atoms with van der Waals surface area (Å²) < 4.78 is 5.72. The van der Waals surface area contributed by atoms with Gasteiger partial charge in [-0.3, -0.25) is 4.79 Å². The number of ether oxygens (including phenoxy) is 1. The quantitative estimate of drug-likeness (QED) is 0.635. The summed E-state index contributed by atoms with van der Waals surface area (Å²) in [6, 6.07) is 13.8. The number of amides is 1. The van der Waals surface area contributed by atoms with Crippen molar-refractivity contribution in [3.63, 3.8) is 0 Å². The first kappa shape index (κ1) is 16.5. The zero-order valence-electron chi connectivity index (χ0n) is 13.2. The van der Waals surface area contributed by atoms with Gasteiger partial charge in [0, 0.05) is 5.56 Å². The fourth-order valence-electron chi connectivity index (χ4n) is 1.86. The largest absolute Gasteiger partial charge is 0.507 e. The van der Waals surface area contributed by atoms with Crippen LogP contribution in [0.2, 0.25) is 0 Å². The van der Waals surface area contributed by atoms with Crippen molar-refractivity contribution in [1.82, 2.24) is 5.43 Å². The molecule has 0 atom stereocenters. The molecule has 0 aromatic heterocycles. The van der Waals surface area contributed by atoms with Crippen LogP contribution in [0.3, 0.4) is 0 Å². The number of carbonyl (C=O) groups excluding carboxylic acids is 1. The van der Waals surface area contributed by atoms with Crippen LogP contribution in [0.1, 0.15) is 29.8 Å². The molecule has 5 heteroatoms. The van der Waals surface area contributed by atoms with Crippen molar-refractivity contribution in [1.29, 1.82) is 0 Å². The molecule has 0 radical (unpaired) electrons. The highest BCUT2D eigenvalue weighted by atomic mass is 16.5. The molecule has 0 aliphatic rings. The van der Waals surface area contributed by atoms with Crippen LogP contribution in [-0.4, -0.2) is 23.8 Å². The highest BCUT2D eigenvalue weighted by Crippen LogP contribution is 2.17. The number of carbonyl (C=O) groups is 1. The molecule has 0 aliphatic heterocycles. The van der Waals surface area contributed by atoms with Gasteiger partial charge in [-0.05, 0) is 30.2 Å². The highest BCUT2D eigenvalue weighted by Gasteiger charge is 2.08. The fraction of sp³-hybridized carbons (Fsp3) is 0.222. The Kier molecular flexibility index (Phi) is 5.74. The third kappa shape index (κ3) is 4.85. The van der Waals surface area contributed by atoms with Gasteiger partial charge in [0.05, 0.1) is 18.4 Å². The SMILES string of the molecule is CC(C)COc1ccccc1/C=N/NC(=O)c1ccccc1O. The molecular formula is C18H20N2O3. The first-order chi connectivity index (χ1) is 11.1. The van der Waals surface area contributed by atoms with Crippen LogP contribution in [-0.2, 0) is 0 Å². The fourth-order valence-corrected chi connectivity index (χ4v) is 1.86. The van der Waals surface area contributed by atoms with Crippen molar-refractivity contribution in [2.75, 3.05) is 6.61 Å². The first-order valence-corrected chi connectivity index (χ1v) is 7.41. The number of rotatable bonds is 6. The average Bonchev–Trinajstić information content (AvgIpc) is 2.54. The Morgan fingerprint density at radius 2 is 1.91 bits per heavy atom. The number of aromatic hydroxyl groups is 1. The van der Waals surface area contributed by atoms with Gasteiger partial charge in [0.1, 0.15) is 11.5 Å². The van der Waals surface area contributed by atoms with Crippen LogP contribution in [0, 0.1) is 5.92 Å². The second-order valence-corrected chi connectivity index (χ2v) is 5.46. The van der Waals surface area contributed by atoms with Crippen molar-refractivity contribution in [3.8, 4) is 11.5 Å². The van der Waals surface area contributed by atoms with Gasteiger partial charge in [-0.15, -0.1) is 0 Å². The average molecular weight is 312 g/mol. The molecule has 0 saturated carbocycles. The normalized spacial score (nSPS) is 10.9. The zero-order valence-corrected chi connectivity index (χ0v) is 13.2. The molecule has 1 amide bonds. The van der Waals surface area contributed by atoms with E-state index in [1.54, 1.807) is 12.1 Å². The monoisotopic (exact) mass is 312 g/mol. The van der Waals surface area contributed by atoms with Crippen molar-refractivity contribution in [2.45, 2.75) is 13.8 Å². The number of benzene rings is 2. The van der Waals surface area contributed by atoms with Crippen LogP contribution in [0.15, 0.2) is 53.6 Å². The number of nitrogens with zero attached hydrogens (tertiary/aromatic N) is 1. The molecule has 0 spiro atoms. The molecule has 2 N–H and O–H groups in total. The molecule has 0 aliphatic carbocycles. The summed E-state index contributed by atoms with van der Waals surface area (Å²) in [6.07, 6.45) is 1.52. The van der Waals surface area contributed by atoms with E-state index in [0.717, 1.165) is 5.56 Å². The van der Waals surface area contributed by atoms with Crippen LogP contribution >= 0.6 is 0 Å². The van der Waals surface area contributed by atoms with E-state index in [-0.39, 0.29) is 11.3 Å². The van der Waals surface area contributed by atoms with Gasteiger partial charge in [0.25, 0.3) is 5.91 Å². The molecule has 0 saturated heterocycles. The highest BCUT2D eigenvalue weighted by molar-refractivity contribution is 5.97. The van der Waals surface area contributed by atoms with Crippen molar-refractivity contribution < 1.29 is 14.6 Å².